The number of benzene rings is 3. The minimum Gasteiger partial charge on any atom is -0.493 e. The van der Waals surface area contributed by atoms with E-state index in [0.717, 1.165) is 10.8 Å². The second-order valence-corrected chi connectivity index (χ2v) is 6.46. The summed E-state index contributed by atoms with van der Waals surface area (Å²) in [6.07, 6.45) is 3.26. The minimum atomic E-state index is -0.615. The molecule has 31 heavy (non-hydrogen) atoms. The maximum atomic E-state index is 13.0. The fraction of sp³-hybridized carbons (Fsp3) is 0.0435. The van der Waals surface area contributed by atoms with Crippen molar-refractivity contribution in [1.29, 1.82) is 0 Å². The Balaban J connectivity index is 1.48. The molecule has 0 bridgehead atoms. The van der Waals surface area contributed by atoms with Crippen LogP contribution < -0.4 is 14.9 Å². The van der Waals surface area contributed by atoms with Gasteiger partial charge in [0, 0.05) is 10.8 Å². The highest BCUT2D eigenvalue weighted by Gasteiger charge is 2.13. The van der Waals surface area contributed by atoms with E-state index in [1.54, 1.807) is 30.6 Å². The lowest BCUT2D eigenvalue weighted by Gasteiger charge is -2.10. The van der Waals surface area contributed by atoms with Crippen LogP contribution in [0.2, 0.25) is 0 Å². The molecule has 0 radical (unpaired) electrons. The molecule has 0 unspecified atom stereocenters. The van der Waals surface area contributed by atoms with Gasteiger partial charge in [-0.2, -0.15) is 10.2 Å². The number of hydrogen-bond donors (Lipinski definition) is 1. The third-order valence-electron chi connectivity index (χ3n) is 4.42. The smallest absolute Gasteiger partial charge is 0.343 e. The monoisotopic (exact) mass is 416 g/mol. The van der Waals surface area contributed by atoms with Gasteiger partial charge in [0.15, 0.2) is 17.3 Å². The normalized spacial score (nSPS) is 10.9. The summed E-state index contributed by atoms with van der Waals surface area (Å²) in [5.41, 5.74) is 3.82. The Morgan fingerprint density at radius 1 is 1.06 bits per heavy atom. The quantitative estimate of drug-likeness (QED) is 0.216. The van der Waals surface area contributed by atoms with Gasteiger partial charge in [0.05, 0.1) is 25.1 Å². The Labute approximate surface area is 177 Å². The van der Waals surface area contributed by atoms with Crippen molar-refractivity contribution in [2.45, 2.75) is 0 Å². The highest BCUT2D eigenvalue weighted by molar-refractivity contribution is 5.92. The molecule has 1 N–H and O–H groups in total. The van der Waals surface area contributed by atoms with Crippen molar-refractivity contribution in [2.24, 2.45) is 5.10 Å². The Hall–Kier alpha value is -4.33. The van der Waals surface area contributed by atoms with Crippen molar-refractivity contribution < 1.29 is 18.7 Å². The molecule has 4 aromatic rings. The van der Waals surface area contributed by atoms with E-state index in [0.29, 0.717) is 17.1 Å². The first-order valence-corrected chi connectivity index (χ1v) is 9.29. The zero-order valence-electron chi connectivity index (χ0n) is 16.4. The molecule has 0 aliphatic heterocycles. The van der Waals surface area contributed by atoms with Gasteiger partial charge in [-0.05, 0) is 48.0 Å². The Bertz CT molecular complexity index is 1250. The van der Waals surface area contributed by atoms with Crippen LogP contribution in [0.25, 0.3) is 10.8 Å². The molecule has 0 aliphatic carbocycles. The standard InChI is InChI=1S/C23H17FN4O3/c1-30-21-12-15(6-11-20(21)31-23(29)16-7-9-18(24)10-8-16)13-25-27-22-19-5-3-2-4-17(19)14-26-28-22/h2-14H,1H3,(H,27,28). The average Bonchev–Trinajstić information content (AvgIpc) is 2.80. The lowest BCUT2D eigenvalue weighted by atomic mass is 10.2. The molecular weight excluding hydrogens is 399 g/mol. The van der Waals surface area contributed by atoms with Gasteiger partial charge in [-0.1, -0.05) is 24.3 Å². The minimum absolute atomic E-state index is 0.231. The van der Waals surface area contributed by atoms with Crippen LogP contribution in [-0.2, 0) is 0 Å². The van der Waals surface area contributed by atoms with Gasteiger partial charge < -0.3 is 9.47 Å². The molecule has 0 spiro atoms. The first kappa shape index (κ1) is 20.0. The summed E-state index contributed by atoms with van der Waals surface area (Å²) in [4.78, 5) is 12.3. The van der Waals surface area contributed by atoms with E-state index >= 15 is 0 Å². The van der Waals surface area contributed by atoms with Crippen LogP contribution in [0.15, 0.2) is 78.0 Å². The number of rotatable bonds is 6. The fourth-order valence-electron chi connectivity index (χ4n) is 2.87. The lowest BCUT2D eigenvalue weighted by molar-refractivity contribution is 0.0729. The van der Waals surface area contributed by atoms with E-state index in [1.807, 2.05) is 24.3 Å². The third kappa shape index (κ3) is 4.64. The van der Waals surface area contributed by atoms with Gasteiger partial charge in [-0.15, -0.1) is 5.10 Å². The second-order valence-electron chi connectivity index (χ2n) is 6.46. The van der Waals surface area contributed by atoms with Crippen molar-refractivity contribution in [1.82, 2.24) is 10.2 Å². The van der Waals surface area contributed by atoms with Crippen LogP contribution in [0, 0.1) is 5.82 Å². The summed E-state index contributed by atoms with van der Waals surface area (Å²) in [5.74, 6) is 0.0779. The van der Waals surface area contributed by atoms with E-state index in [4.69, 9.17) is 9.47 Å². The highest BCUT2D eigenvalue weighted by Crippen LogP contribution is 2.28. The zero-order chi connectivity index (χ0) is 21.6. The van der Waals surface area contributed by atoms with Crippen molar-refractivity contribution in [3.8, 4) is 11.5 Å². The molecule has 7 nitrogen and oxygen atoms in total. The Kier molecular flexibility index (Phi) is 5.79. The first-order valence-electron chi connectivity index (χ1n) is 9.29. The second kappa shape index (κ2) is 9.00. The number of nitrogens with one attached hydrogen (secondary N) is 1. The number of carbonyl (C=O) groups excluding carboxylic acids is 1. The number of fused-ring (bicyclic) bond motifs is 1. The molecular formula is C23H17FN4O3. The van der Waals surface area contributed by atoms with Crippen LogP contribution in [-0.4, -0.2) is 29.5 Å². The summed E-state index contributed by atoms with van der Waals surface area (Å²) in [7, 11) is 1.47. The van der Waals surface area contributed by atoms with Crippen molar-refractivity contribution in [2.75, 3.05) is 12.5 Å². The molecule has 0 aliphatic rings. The number of esters is 1. The molecule has 4 rings (SSSR count). The molecule has 0 saturated carbocycles. The fourth-order valence-corrected chi connectivity index (χ4v) is 2.87. The molecule has 0 saturated heterocycles. The van der Waals surface area contributed by atoms with Crippen molar-refractivity contribution >= 4 is 28.8 Å². The molecule has 0 amide bonds. The molecule has 8 heteroatoms. The SMILES string of the molecule is COc1cc(C=NNc2nncc3ccccc23)ccc1OC(=O)c1ccc(F)cc1. The van der Waals surface area contributed by atoms with E-state index in [-0.39, 0.29) is 11.3 Å². The van der Waals surface area contributed by atoms with Gasteiger partial charge in [0.25, 0.3) is 0 Å². The maximum absolute atomic E-state index is 13.0. The number of halogens is 1. The topological polar surface area (TPSA) is 85.7 Å². The molecule has 1 heterocycles. The number of methoxy groups -OCH3 is 1. The van der Waals surface area contributed by atoms with Gasteiger partial charge in [-0.25, -0.2) is 9.18 Å². The van der Waals surface area contributed by atoms with Gasteiger partial charge in [0.2, 0.25) is 0 Å². The van der Waals surface area contributed by atoms with Crippen LogP contribution in [0.4, 0.5) is 10.2 Å². The maximum Gasteiger partial charge on any atom is 0.343 e. The first-order chi connectivity index (χ1) is 15.1. The number of anilines is 1. The predicted octanol–water partition coefficient (Wildman–Crippen LogP) is 4.44. The molecule has 154 valence electrons. The number of hydrazone groups is 1. The zero-order valence-corrected chi connectivity index (χ0v) is 16.4. The van der Waals surface area contributed by atoms with Gasteiger partial charge in [0.1, 0.15) is 5.82 Å². The molecule has 3 aromatic carbocycles. The Morgan fingerprint density at radius 3 is 2.68 bits per heavy atom. The largest absolute Gasteiger partial charge is 0.493 e. The van der Waals surface area contributed by atoms with E-state index in [9.17, 15) is 9.18 Å². The van der Waals surface area contributed by atoms with Crippen LogP contribution in [0.1, 0.15) is 15.9 Å². The van der Waals surface area contributed by atoms with E-state index < -0.39 is 11.8 Å². The van der Waals surface area contributed by atoms with Crippen LogP contribution in [0.3, 0.4) is 0 Å². The Morgan fingerprint density at radius 2 is 1.87 bits per heavy atom. The summed E-state index contributed by atoms with van der Waals surface area (Å²) >= 11 is 0. The van der Waals surface area contributed by atoms with Crippen LogP contribution >= 0.6 is 0 Å². The van der Waals surface area contributed by atoms with Crippen molar-refractivity contribution in [3.63, 3.8) is 0 Å². The highest BCUT2D eigenvalue weighted by atomic mass is 19.1. The summed E-state index contributed by atoms with van der Waals surface area (Å²) in [6, 6.07) is 17.8. The predicted molar refractivity (Wildman–Crippen MR) is 115 cm³/mol. The number of aromatic nitrogens is 2. The van der Waals surface area contributed by atoms with E-state index in [1.165, 1.54) is 31.4 Å². The molecule has 1 aromatic heterocycles. The van der Waals surface area contributed by atoms with Gasteiger partial charge in [-0.3, -0.25) is 5.43 Å². The van der Waals surface area contributed by atoms with E-state index in [2.05, 4.69) is 20.7 Å². The number of nitrogens with zero attached hydrogens (tertiary/aromatic N) is 3. The van der Waals surface area contributed by atoms with Gasteiger partial charge >= 0.3 is 5.97 Å². The summed E-state index contributed by atoms with van der Waals surface area (Å²) in [5, 5.41) is 14.1. The summed E-state index contributed by atoms with van der Waals surface area (Å²) in [6.45, 7) is 0. The average molecular weight is 416 g/mol. The van der Waals surface area contributed by atoms with Crippen LogP contribution in [0.5, 0.6) is 11.5 Å². The summed E-state index contributed by atoms with van der Waals surface area (Å²) < 4.78 is 23.7. The number of ether oxygens (including phenoxy) is 2. The lowest BCUT2D eigenvalue weighted by Crippen LogP contribution is -2.09. The van der Waals surface area contributed by atoms with Crippen molar-refractivity contribution in [3.05, 3.63) is 89.9 Å². The number of carbonyl (C=O) groups is 1. The molecule has 0 atom stereocenters. The molecule has 0 fully saturated rings. The third-order valence-corrected chi connectivity index (χ3v) is 4.42. The number of hydrogen-bond acceptors (Lipinski definition) is 7.